The van der Waals surface area contributed by atoms with Gasteiger partial charge in [-0.3, -0.25) is 4.90 Å². The van der Waals surface area contributed by atoms with Crippen LogP contribution in [0.15, 0.2) is 18.2 Å². The normalized spacial score (nSPS) is 15.1. The van der Waals surface area contributed by atoms with E-state index in [1.54, 1.807) is 0 Å². The number of nitrogens with two attached hydrogens (primary N) is 1. The maximum absolute atomic E-state index is 5.81. The molecule has 0 amide bonds. The lowest BCUT2D eigenvalue weighted by Crippen LogP contribution is -2.17. The molecule has 0 radical (unpaired) electrons. The lowest BCUT2D eigenvalue weighted by Gasteiger charge is -2.14. The molecule has 0 spiro atoms. The van der Waals surface area contributed by atoms with Crippen molar-refractivity contribution in [3.8, 4) is 0 Å². The van der Waals surface area contributed by atoms with Gasteiger partial charge in [-0.05, 0) is 36.2 Å². The van der Waals surface area contributed by atoms with E-state index in [1.165, 1.54) is 49.8 Å². The third kappa shape index (κ3) is 3.47. The highest BCUT2D eigenvalue weighted by molar-refractivity contribution is 5.46. The summed E-state index contributed by atoms with van der Waals surface area (Å²) in [6.45, 7) is 5.71. The van der Waals surface area contributed by atoms with Gasteiger partial charge in [0, 0.05) is 18.8 Å². The van der Waals surface area contributed by atoms with E-state index in [0.29, 0.717) is 0 Å². The minimum atomic E-state index is 0.897. The minimum absolute atomic E-state index is 0.897. The zero-order chi connectivity index (χ0) is 12.1. The topological polar surface area (TPSA) is 29.3 Å². The Balaban J connectivity index is 1.73. The van der Waals surface area contributed by atoms with Crippen LogP contribution in [0.1, 0.15) is 50.2 Å². The van der Waals surface area contributed by atoms with Gasteiger partial charge in [0.05, 0.1) is 0 Å². The smallest absolute Gasteiger partial charge is 0.0317 e. The van der Waals surface area contributed by atoms with Gasteiger partial charge in [-0.25, -0.2) is 0 Å². The summed E-state index contributed by atoms with van der Waals surface area (Å²) in [6, 6.07) is 6.33. The summed E-state index contributed by atoms with van der Waals surface area (Å²) in [7, 11) is 0. The van der Waals surface area contributed by atoms with Crippen LogP contribution in [0.2, 0.25) is 0 Å². The number of hydrogen-bond acceptors (Lipinski definition) is 2. The second kappa shape index (κ2) is 6.06. The number of nitrogen functional groups attached to an aromatic ring is 1. The average Bonchev–Trinajstić information content (AvgIpc) is 2.70. The second-order valence-electron chi connectivity index (χ2n) is 5.15. The summed E-state index contributed by atoms with van der Waals surface area (Å²) in [4.78, 5) is 2.54. The van der Waals surface area contributed by atoms with Gasteiger partial charge in [0.15, 0.2) is 0 Å². The predicted octanol–water partition coefficient (Wildman–Crippen LogP) is 3.55. The van der Waals surface area contributed by atoms with Crippen LogP contribution in [-0.4, -0.2) is 11.4 Å². The third-order valence-corrected chi connectivity index (χ3v) is 3.60. The van der Waals surface area contributed by atoms with Crippen LogP contribution in [0.3, 0.4) is 0 Å². The zero-order valence-electron chi connectivity index (χ0n) is 10.9. The van der Waals surface area contributed by atoms with Crippen molar-refractivity contribution in [2.24, 2.45) is 0 Å². The first kappa shape index (κ1) is 12.4. The van der Waals surface area contributed by atoms with Crippen molar-refractivity contribution < 1.29 is 0 Å². The van der Waals surface area contributed by atoms with Crippen molar-refractivity contribution in [2.45, 2.75) is 52.1 Å². The quantitative estimate of drug-likeness (QED) is 0.600. The van der Waals surface area contributed by atoms with E-state index in [4.69, 9.17) is 5.73 Å². The molecule has 94 valence electrons. The first-order valence-electron chi connectivity index (χ1n) is 6.89. The molecule has 2 rings (SSSR count). The molecule has 1 aliphatic heterocycles. The first-order valence-corrected chi connectivity index (χ1v) is 6.89. The first-order chi connectivity index (χ1) is 8.29. The van der Waals surface area contributed by atoms with Crippen LogP contribution in [0.4, 0.5) is 5.69 Å². The maximum atomic E-state index is 5.81. The van der Waals surface area contributed by atoms with E-state index < -0.39 is 0 Å². The molecule has 0 unspecified atom stereocenters. The molecule has 0 bridgehead atoms. The Morgan fingerprint density at radius 1 is 1.06 bits per heavy atom. The third-order valence-electron chi connectivity index (χ3n) is 3.60. The molecule has 0 saturated carbocycles. The second-order valence-corrected chi connectivity index (χ2v) is 5.15. The van der Waals surface area contributed by atoms with Crippen LogP contribution in [0.5, 0.6) is 0 Å². The minimum Gasteiger partial charge on any atom is -0.399 e. The molecular weight excluding hydrogens is 208 g/mol. The van der Waals surface area contributed by atoms with Crippen LogP contribution in [0, 0.1) is 0 Å². The monoisotopic (exact) mass is 232 g/mol. The van der Waals surface area contributed by atoms with E-state index in [-0.39, 0.29) is 0 Å². The number of rotatable bonds is 6. The van der Waals surface area contributed by atoms with Gasteiger partial charge in [-0.2, -0.15) is 0 Å². The van der Waals surface area contributed by atoms with Crippen LogP contribution in [-0.2, 0) is 13.1 Å². The number of fused-ring (bicyclic) bond motifs is 1. The van der Waals surface area contributed by atoms with Crippen LogP contribution >= 0.6 is 0 Å². The molecule has 2 nitrogen and oxygen atoms in total. The molecule has 0 atom stereocenters. The van der Waals surface area contributed by atoms with Gasteiger partial charge in [-0.15, -0.1) is 0 Å². The molecule has 2 N–H and O–H groups in total. The van der Waals surface area contributed by atoms with Crippen molar-refractivity contribution in [2.75, 3.05) is 12.3 Å². The highest BCUT2D eigenvalue weighted by atomic mass is 15.1. The Morgan fingerprint density at radius 2 is 1.82 bits per heavy atom. The molecule has 1 aliphatic rings. The van der Waals surface area contributed by atoms with E-state index in [9.17, 15) is 0 Å². The Bertz CT molecular complexity index is 360. The molecule has 0 aromatic heterocycles. The Hall–Kier alpha value is -1.02. The zero-order valence-corrected chi connectivity index (χ0v) is 10.9. The highest BCUT2D eigenvalue weighted by Gasteiger charge is 2.17. The molecule has 17 heavy (non-hydrogen) atoms. The number of nitrogens with zero attached hydrogens (tertiary/aromatic N) is 1. The van der Waals surface area contributed by atoms with E-state index in [2.05, 4.69) is 24.0 Å². The van der Waals surface area contributed by atoms with Gasteiger partial charge in [0.1, 0.15) is 0 Å². The summed E-state index contributed by atoms with van der Waals surface area (Å²) in [5, 5.41) is 0. The Morgan fingerprint density at radius 3 is 2.65 bits per heavy atom. The maximum Gasteiger partial charge on any atom is 0.0317 e. The van der Waals surface area contributed by atoms with E-state index in [1.807, 2.05) is 6.07 Å². The summed E-state index contributed by atoms with van der Waals surface area (Å²) in [5.74, 6) is 0. The fraction of sp³-hybridized carbons (Fsp3) is 0.600. The van der Waals surface area contributed by atoms with E-state index >= 15 is 0 Å². The van der Waals surface area contributed by atoms with Gasteiger partial charge < -0.3 is 5.73 Å². The molecule has 0 saturated heterocycles. The summed E-state index contributed by atoms with van der Waals surface area (Å²) >= 11 is 0. The van der Waals surface area contributed by atoms with Crippen molar-refractivity contribution in [3.05, 3.63) is 29.3 Å². The molecular formula is C15H24N2. The van der Waals surface area contributed by atoms with Gasteiger partial charge in [0.25, 0.3) is 0 Å². The molecule has 1 aromatic carbocycles. The van der Waals surface area contributed by atoms with Gasteiger partial charge >= 0.3 is 0 Å². The number of unbranched alkanes of at least 4 members (excludes halogenated alkanes) is 4. The highest BCUT2D eigenvalue weighted by Crippen LogP contribution is 2.24. The summed E-state index contributed by atoms with van der Waals surface area (Å²) in [5.41, 5.74) is 9.60. The number of anilines is 1. The Kier molecular flexibility index (Phi) is 4.43. The SMILES string of the molecule is CCCCCCCN1Cc2ccc(N)cc2C1. The molecule has 0 aliphatic carbocycles. The standard InChI is InChI=1S/C15H24N2/c1-2-3-4-5-6-9-17-11-13-7-8-15(16)10-14(13)12-17/h7-8,10H,2-6,9,11-12,16H2,1H3. The van der Waals surface area contributed by atoms with E-state index in [0.717, 1.165) is 18.8 Å². The fourth-order valence-electron chi connectivity index (χ4n) is 2.58. The van der Waals surface area contributed by atoms with Crippen LogP contribution < -0.4 is 5.73 Å². The van der Waals surface area contributed by atoms with Crippen molar-refractivity contribution in [3.63, 3.8) is 0 Å². The van der Waals surface area contributed by atoms with Crippen LogP contribution in [0.25, 0.3) is 0 Å². The van der Waals surface area contributed by atoms with Crippen molar-refractivity contribution in [1.82, 2.24) is 4.90 Å². The van der Waals surface area contributed by atoms with Crippen molar-refractivity contribution in [1.29, 1.82) is 0 Å². The lowest BCUT2D eigenvalue weighted by atomic mass is 10.1. The predicted molar refractivity (Wildman–Crippen MR) is 73.7 cm³/mol. The molecule has 0 fully saturated rings. The van der Waals surface area contributed by atoms with Gasteiger partial charge in [0.2, 0.25) is 0 Å². The molecule has 2 heteroatoms. The molecule has 1 heterocycles. The Labute approximate surface area is 105 Å². The summed E-state index contributed by atoms with van der Waals surface area (Å²) < 4.78 is 0. The summed E-state index contributed by atoms with van der Waals surface area (Å²) in [6.07, 6.45) is 6.82. The molecule has 1 aromatic rings. The fourth-order valence-corrected chi connectivity index (χ4v) is 2.58. The number of hydrogen-bond donors (Lipinski definition) is 1. The largest absolute Gasteiger partial charge is 0.399 e. The van der Waals surface area contributed by atoms with Gasteiger partial charge in [-0.1, -0.05) is 38.7 Å². The van der Waals surface area contributed by atoms with Crippen molar-refractivity contribution >= 4 is 5.69 Å². The number of benzene rings is 1. The average molecular weight is 232 g/mol. The lowest BCUT2D eigenvalue weighted by molar-refractivity contribution is 0.276.